The van der Waals surface area contributed by atoms with Crippen molar-refractivity contribution in [3.63, 3.8) is 0 Å². The van der Waals surface area contributed by atoms with E-state index in [2.05, 4.69) is 13.5 Å². The van der Waals surface area contributed by atoms with Crippen LogP contribution in [0.4, 0.5) is 0 Å². The minimum atomic E-state index is 0.345. The van der Waals surface area contributed by atoms with E-state index in [1.54, 1.807) is 0 Å². The molecule has 0 aromatic rings. The zero-order valence-electron chi connectivity index (χ0n) is 5.68. The molecule has 0 bridgehead atoms. The van der Waals surface area contributed by atoms with Crippen LogP contribution in [0.1, 0.15) is 26.7 Å². The van der Waals surface area contributed by atoms with E-state index in [-0.39, 0.29) is 0 Å². The van der Waals surface area contributed by atoms with Gasteiger partial charge in [-0.25, -0.2) is 0 Å². The van der Waals surface area contributed by atoms with Crippen LogP contribution in [0.15, 0.2) is 12.8 Å². The van der Waals surface area contributed by atoms with Crippen molar-refractivity contribution in [3.05, 3.63) is 12.8 Å². The fraction of sp³-hybridized carbons (Fsp3) is 0.714. The van der Waals surface area contributed by atoms with Crippen LogP contribution in [0, 0.1) is 0 Å². The fourth-order valence-corrected chi connectivity index (χ4v) is 0.639. The molecule has 0 N–H and O–H groups in total. The molecule has 8 heavy (non-hydrogen) atoms. The first-order valence-corrected chi connectivity index (χ1v) is 3.07. The summed E-state index contributed by atoms with van der Waals surface area (Å²) in [6, 6.07) is 0. The Labute approximate surface area is 51.4 Å². The summed E-state index contributed by atoms with van der Waals surface area (Å²) in [7, 11) is 0. The van der Waals surface area contributed by atoms with Crippen LogP contribution in [0.2, 0.25) is 0 Å². The Bertz CT molecular complexity index is 59.4. The van der Waals surface area contributed by atoms with Crippen LogP contribution in [0.5, 0.6) is 0 Å². The molecular formula is C7H14O. The largest absolute Gasteiger partial charge is 0.499 e. The Kier molecular flexibility index (Phi) is 4.42. The molecule has 0 aliphatic heterocycles. The van der Waals surface area contributed by atoms with Crippen LogP contribution in [-0.2, 0) is 4.74 Å². The highest BCUT2D eigenvalue weighted by Crippen LogP contribution is 1.99. The van der Waals surface area contributed by atoms with Crippen molar-refractivity contribution in [2.75, 3.05) is 0 Å². The lowest BCUT2D eigenvalue weighted by Gasteiger charge is -2.07. The maximum absolute atomic E-state index is 5.05. The third-order valence-corrected chi connectivity index (χ3v) is 1.02. The van der Waals surface area contributed by atoms with E-state index in [0.717, 1.165) is 6.42 Å². The van der Waals surface area contributed by atoms with Gasteiger partial charge < -0.3 is 4.74 Å². The summed E-state index contributed by atoms with van der Waals surface area (Å²) in [5.74, 6) is 0. The van der Waals surface area contributed by atoms with E-state index >= 15 is 0 Å². The van der Waals surface area contributed by atoms with E-state index in [9.17, 15) is 0 Å². The molecule has 0 aliphatic carbocycles. The summed E-state index contributed by atoms with van der Waals surface area (Å²) in [5, 5.41) is 0. The maximum Gasteiger partial charge on any atom is 0.0950 e. The lowest BCUT2D eigenvalue weighted by molar-refractivity contribution is 0.153. The van der Waals surface area contributed by atoms with Crippen molar-refractivity contribution in [3.8, 4) is 0 Å². The molecule has 0 saturated heterocycles. The molecule has 0 unspecified atom stereocenters. The monoisotopic (exact) mass is 114 g/mol. The van der Waals surface area contributed by atoms with Gasteiger partial charge in [-0.15, -0.1) is 0 Å². The van der Waals surface area contributed by atoms with E-state index in [1.807, 2.05) is 6.92 Å². The second kappa shape index (κ2) is 4.69. The molecule has 1 nitrogen and oxygen atoms in total. The molecule has 0 heterocycles. The second-order valence-electron chi connectivity index (χ2n) is 1.90. The summed E-state index contributed by atoms with van der Waals surface area (Å²) in [5.41, 5.74) is 0. The van der Waals surface area contributed by atoms with Gasteiger partial charge in [0.25, 0.3) is 0 Å². The normalized spacial score (nSPS) is 12.8. The van der Waals surface area contributed by atoms with Crippen molar-refractivity contribution in [2.24, 2.45) is 0 Å². The third-order valence-electron chi connectivity index (χ3n) is 1.02. The Balaban J connectivity index is 3.03. The number of hydrogen-bond acceptors (Lipinski definition) is 1. The van der Waals surface area contributed by atoms with Gasteiger partial charge in [0.1, 0.15) is 0 Å². The Hall–Kier alpha value is -0.460. The molecule has 0 aromatic carbocycles. The quantitative estimate of drug-likeness (QED) is 0.510. The highest BCUT2D eigenvalue weighted by molar-refractivity contribution is 4.55. The summed E-state index contributed by atoms with van der Waals surface area (Å²) >= 11 is 0. The van der Waals surface area contributed by atoms with Crippen molar-refractivity contribution in [2.45, 2.75) is 32.8 Å². The van der Waals surface area contributed by atoms with Crippen molar-refractivity contribution < 1.29 is 4.74 Å². The number of hydrogen-bond donors (Lipinski definition) is 0. The standard InChI is InChI=1S/C7H14O/c1-4-6-7(3)8-5-2/h5,7H,2,4,6H2,1,3H3/t7-/m0/s1. The Morgan fingerprint density at radius 1 is 1.75 bits per heavy atom. The average molecular weight is 114 g/mol. The zero-order chi connectivity index (χ0) is 6.41. The Morgan fingerprint density at radius 2 is 2.38 bits per heavy atom. The van der Waals surface area contributed by atoms with Gasteiger partial charge in [-0.05, 0) is 13.3 Å². The zero-order valence-corrected chi connectivity index (χ0v) is 5.68. The molecule has 1 heteroatoms. The molecule has 0 saturated carbocycles. The van der Waals surface area contributed by atoms with Crippen LogP contribution in [-0.4, -0.2) is 6.10 Å². The minimum absolute atomic E-state index is 0.345. The van der Waals surface area contributed by atoms with E-state index in [4.69, 9.17) is 4.74 Å². The third kappa shape index (κ3) is 3.72. The molecule has 0 radical (unpaired) electrons. The van der Waals surface area contributed by atoms with Gasteiger partial charge >= 0.3 is 0 Å². The van der Waals surface area contributed by atoms with Crippen molar-refractivity contribution in [1.82, 2.24) is 0 Å². The van der Waals surface area contributed by atoms with Crippen LogP contribution >= 0.6 is 0 Å². The summed E-state index contributed by atoms with van der Waals surface area (Å²) < 4.78 is 5.05. The van der Waals surface area contributed by atoms with Crippen LogP contribution < -0.4 is 0 Å². The van der Waals surface area contributed by atoms with Gasteiger partial charge in [-0.1, -0.05) is 19.9 Å². The molecule has 0 fully saturated rings. The molecule has 0 spiro atoms. The molecule has 0 aromatic heterocycles. The predicted molar refractivity (Wildman–Crippen MR) is 35.7 cm³/mol. The van der Waals surface area contributed by atoms with E-state index in [1.165, 1.54) is 12.7 Å². The lowest BCUT2D eigenvalue weighted by Crippen LogP contribution is -2.01. The van der Waals surface area contributed by atoms with Gasteiger partial charge in [0, 0.05) is 0 Å². The second-order valence-corrected chi connectivity index (χ2v) is 1.90. The van der Waals surface area contributed by atoms with Gasteiger partial charge in [-0.2, -0.15) is 0 Å². The van der Waals surface area contributed by atoms with Gasteiger partial charge in [0.2, 0.25) is 0 Å². The first-order chi connectivity index (χ1) is 3.81. The summed E-state index contributed by atoms with van der Waals surface area (Å²) in [6.07, 6.45) is 4.14. The maximum atomic E-state index is 5.05. The Morgan fingerprint density at radius 3 is 2.75 bits per heavy atom. The van der Waals surface area contributed by atoms with Crippen LogP contribution in [0.3, 0.4) is 0 Å². The first kappa shape index (κ1) is 7.54. The molecular weight excluding hydrogens is 100 g/mol. The highest BCUT2D eigenvalue weighted by atomic mass is 16.5. The highest BCUT2D eigenvalue weighted by Gasteiger charge is 1.94. The topological polar surface area (TPSA) is 9.23 Å². The smallest absolute Gasteiger partial charge is 0.0950 e. The minimum Gasteiger partial charge on any atom is -0.499 e. The van der Waals surface area contributed by atoms with E-state index < -0.39 is 0 Å². The van der Waals surface area contributed by atoms with Crippen molar-refractivity contribution in [1.29, 1.82) is 0 Å². The summed E-state index contributed by atoms with van der Waals surface area (Å²) in [4.78, 5) is 0. The first-order valence-electron chi connectivity index (χ1n) is 3.07. The molecule has 0 aliphatic rings. The van der Waals surface area contributed by atoms with Crippen molar-refractivity contribution >= 4 is 0 Å². The molecule has 0 amide bonds. The molecule has 1 atom stereocenters. The van der Waals surface area contributed by atoms with Gasteiger partial charge in [0.15, 0.2) is 0 Å². The summed E-state index contributed by atoms with van der Waals surface area (Å²) in [6.45, 7) is 7.65. The molecule has 0 rings (SSSR count). The lowest BCUT2D eigenvalue weighted by atomic mass is 10.2. The van der Waals surface area contributed by atoms with Gasteiger partial charge in [-0.3, -0.25) is 0 Å². The average Bonchev–Trinajstić information content (AvgIpc) is 1.68. The molecule has 48 valence electrons. The van der Waals surface area contributed by atoms with Gasteiger partial charge in [0.05, 0.1) is 12.4 Å². The van der Waals surface area contributed by atoms with E-state index in [0.29, 0.717) is 6.10 Å². The predicted octanol–water partition coefficient (Wildman–Crippen LogP) is 2.34. The number of ether oxygens (including phenoxy) is 1. The fourth-order valence-electron chi connectivity index (χ4n) is 0.639. The SMILES string of the molecule is C=CO[C@@H](C)CCC. The number of rotatable bonds is 4. The van der Waals surface area contributed by atoms with Crippen LogP contribution in [0.25, 0.3) is 0 Å².